The number of halogens is 1. The van der Waals surface area contributed by atoms with Crippen LogP contribution in [0.5, 0.6) is 0 Å². The normalized spacial score (nSPS) is 12.4. The Morgan fingerprint density at radius 1 is 1.00 bits per heavy atom. The number of aryl methyl sites for hydroxylation is 3. The highest BCUT2D eigenvalue weighted by molar-refractivity contribution is 5.34. The molecule has 0 spiro atoms. The van der Waals surface area contributed by atoms with Gasteiger partial charge < -0.3 is 5.32 Å². The van der Waals surface area contributed by atoms with E-state index < -0.39 is 0 Å². The van der Waals surface area contributed by atoms with E-state index in [0.717, 1.165) is 18.5 Å². The first-order valence-electron chi connectivity index (χ1n) is 7.56. The maximum Gasteiger partial charge on any atom is 0.126 e. The van der Waals surface area contributed by atoms with Crippen LogP contribution in [0.1, 0.15) is 40.8 Å². The summed E-state index contributed by atoms with van der Waals surface area (Å²) in [5, 5.41) is 3.52. The molecule has 1 unspecified atom stereocenters. The second kappa shape index (κ2) is 6.86. The summed E-state index contributed by atoms with van der Waals surface area (Å²) >= 11 is 0. The molecule has 0 aliphatic rings. The molecule has 1 atom stereocenters. The lowest BCUT2D eigenvalue weighted by Crippen LogP contribution is -2.23. The number of benzene rings is 2. The third kappa shape index (κ3) is 3.92. The van der Waals surface area contributed by atoms with Crippen molar-refractivity contribution in [2.75, 3.05) is 6.54 Å². The van der Waals surface area contributed by atoms with Crippen molar-refractivity contribution >= 4 is 0 Å². The van der Waals surface area contributed by atoms with Crippen molar-refractivity contribution in [2.24, 2.45) is 0 Å². The minimum atomic E-state index is -0.138. The Bertz CT molecular complexity index is 619. The summed E-state index contributed by atoms with van der Waals surface area (Å²) in [5.74, 6) is -0.138. The summed E-state index contributed by atoms with van der Waals surface area (Å²) in [6, 6.07) is 12.2. The van der Waals surface area contributed by atoms with E-state index in [1.807, 2.05) is 19.1 Å². The first-order valence-corrected chi connectivity index (χ1v) is 7.56. The van der Waals surface area contributed by atoms with Crippen LogP contribution in [-0.4, -0.2) is 6.54 Å². The summed E-state index contributed by atoms with van der Waals surface area (Å²) in [5.41, 5.74) is 5.79. The van der Waals surface area contributed by atoms with Gasteiger partial charge in [-0.25, -0.2) is 4.39 Å². The quantitative estimate of drug-likeness (QED) is 0.843. The molecular weight excluding hydrogens is 261 g/mol. The fourth-order valence-corrected chi connectivity index (χ4v) is 2.68. The largest absolute Gasteiger partial charge is 0.310 e. The summed E-state index contributed by atoms with van der Waals surface area (Å²) in [7, 11) is 0. The fraction of sp³-hybridized carbons (Fsp3) is 0.368. The topological polar surface area (TPSA) is 12.0 Å². The molecule has 2 rings (SSSR count). The molecule has 0 radical (unpaired) electrons. The highest BCUT2D eigenvalue weighted by atomic mass is 19.1. The van der Waals surface area contributed by atoms with Gasteiger partial charge in [-0.05, 0) is 62.1 Å². The summed E-state index contributed by atoms with van der Waals surface area (Å²) in [6.07, 6.45) is 0.923. The van der Waals surface area contributed by atoms with Gasteiger partial charge in [-0.2, -0.15) is 0 Å². The maximum absolute atomic E-state index is 13.5. The van der Waals surface area contributed by atoms with Gasteiger partial charge in [-0.1, -0.05) is 42.8 Å². The standard InChI is InChI=1S/C19H24FN/c1-5-21-19(16-8-9-18(20)15(4)11-16)12-17-10-13(2)6-7-14(17)3/h6-11,19,21H,5,12H2,1-4H3. The Labute approximate surface area is 127 Å². The van der Waals surface area contributed by atoms with Gasteiger partial charge in [-0.3, -0.25) is 0 Å². The molecule has 0 aromatic heterocycles. The number of hydrogen-bond acceptors (Lipinski definition) is 1. The van der Waals surface area contributed by atoms with Crippen molar-refractivity contribution in [3.63, 3.8) is 0 Å². The van der Waals surface area contributed by atoms with E-state index in [0.29, 0.717) is 5.56 Å². The van der Waals surface area contributed by atoms with Crippen LogP contribution in [0.3, 0.4) is 0 Å². The van der Waals surface area contributed by atoms with Crippen LogP contribution >= 0.6 is 0 Å². The summed E-state index contributed by atoms with van der Waals surface area (Å²) < 4.78 is 13.5. The minimum absolute atomic E-state index is 0.138. The van der Waals surface area contributed by atoms with Crippen molar-refractivity contribution in [1.29, 1.82) is 0 Å². The first-order chi connectivity index (χ1) is 10.0. The van der Waals surface area contributed by atoms with Crippen molar-refractivity contribution in [2.45, 2.75) is 40.2 Å². The molecule has 2 heteroatoms. The van der Waals surface area contributed by atoms with Gasteiger partial charge in [0.2, 0.25) is 0 Å². The monoisotopic (exact) mass is 285 g/mol. The van der Waals surface area contributed by atoms with Gasteiger partial charge in [0.05, 0.1) is 0 Å². The number of nitrogens with one attached hydrogen (secondary N) is 1. The Morgan fingerprint density at radius 3 is 2.43 bits per heavy atom. The van der Waals surface area contributed by atoms with Gasteiger partial charge in [-0.15, -0.1) is 0 Å². The molecule has 2 aromatic carbocycles. The Kier molecular flexibility index (Phi) is 5.13. The predicted molar refractivity (Wildman–Crippen MR) is 87.2 cm³/mol. The average molecular weight is 285 g/mol. The van der Waals surface area contributed by atoms with Crippen LogP contribution in [0.15, 0.2) is 36.4 Å². The van der Waals surface area contributed by atoms with Gasteiger partial charge in [0.25, 0.3) is 0 Å². The molecule has 0 aliphatic carbocycles. The van der Waals surface area contributed by atoms with Crippen LogP contribution < -0.4 is 5.32 Å². The SMILES string of the molecule is CCNC(Cc1cc(C)ccc1C)c1ccc(F)c(C)c1. The predicted octanol–water partition coefficient (Wildman–Crippen LogP) is 4.64. The van der Waals surface area contributed by atoms with E-state index in [9.17, 15) is 4.39 Å². The van der Waals surface area contributed by atoms with Crippen LogP contribution in [0.4, 0.5) is 4.39 Å². The Hall–Kier alpha value is -1.67. The second-order valence-corrected chi connectivity index (χ2v) is 5.75. The zero-order chi connectivity index (χ0) is 15.4. The molecule has 0 saturated heterocycles. The molecule has 0 heterocycles. The number of likely N-dealkylation sites (N-methyl/N-ethyl adjacent to an activating group) is 1. The smallest absolute Gasteiger partial charge is 0.126 e. The summed E-state index contributed by atoms with van der Waals surface area (Å²) in [4.78, 5) is 0. The highest BCUT2D eigenvalue weighted by Crippen LogP contribution is 2.23. The second-order valence-electron chi connectivity index (χ2n) is 5.75. The first kappa shape index (κ1) is 15.7. The zero-order valence-electron chi connectivity index (χ0n) is 13.3. The molecule has 2 aromatic rings. The van der Waals surface area contributed by atoms with Crippen LogP contribution in [0.25, 0.3) is 0 Å². The van der Waals surface area contributed by atoms with E-state index in [-0.39, 0.29) is 11.9 Å². The van der Waals surface area contributed by atoms with Gasteiger partial charge in [0.1, 0.15) is 5.82 Å². The minimum Gasteiger partial charge on any atom is -0.310 e. The van der Waals surface area contributed by atoms with E-state index in [4.69, 9.17) is 0 Å². The third-order valence-electron chi connectivity index (χ3n) is 3.96. The molecule has 0 amide bonds. The number of hydrogen-bond donors (Lipinski definition) is 1. The Balaban J connectivity index is 2.30. The molecule has 1 nitrogen and oxygen atoms in total. The van der Waals surface area contributed by atoms with E-state index in [1.165, 1.54) is 16.7 Å². The average Bonchev–Trinajstić information content (AvgIpc) is 2.45. The molecule has 0 saturated carbocycles. The van der Waals surface area contributed by atoms with Gasteiger partial charge in [0.15, 0.2) is 0 Å². The Morgan fingerprint density at radius 2 is 1.76 bits per heavy atom. The van der Waals surface area contributed by atoms with E-state index in [1.54, 1.807) is 6.07 Å². The lowest BCUT2D eigenvalue weighted by atomic mass is 9.94. The van der Waals surface area contributed by atoms with Crippen LogP contribution in [0, 0.1) is 26.6 Å². The zero-order valence-corrected chi connectivity index (χ0v) is 13.3. The number of rotatable bonds is 5. The van der Waals surface area contributed by atoms with E-state index >= 15 is 0 Å². The molecule has 1 N–H and O–H groups in total. The lowest BCUT2D eigenvalue weighted by molar-refractivity contribution is 0.545. The van der Waals surface area contributed by atoms with Crippen molar-refractivity contribution in [3.8, 4) is 0 Å². The van der Waals surface area contributed by atoms with Gasteiger partial charge in [0, 0.05) is 6.04 Å². The molecular formula is C19H24FN. The third-order valence-corrected chi connectivity index (χ3v) is 3.96. The molecule has 0 bridgehead atoms. The molecule has 0 fully saturated rings. The summed E-state index contributed by atoms with van der Waals surface area (Å²) in [6.45, 7) is 9.08. The van der Waals surface area contributed by atoms with Crippen LogP contribution in [-0.2, 0) is 6.42 Å². The van der Waals surface area contributed by atoms with E-state index in [2.05, 4.69) is 44.3 Å². The highest BCUT2D eigenvalue weighted by Gasteiger charge is 2.14. The van der Waals surface area contributed by atoms with Crippen molar-refractivity contribution in [3.05, 3.63) is 70.0 Å². The van der Waals surface area contributed by atoms with Gasteiger partial charge >= 0.3 is 0 Å². The fourth-order valence-electron chi connectivity index (χ4n) is 2.68. The maximum atomic E-state index is 13.5. The molecule has 21 heavy (non-hydrogen) atoms. The van der Waals surface area contributed by atoms with Crippen molar-refractivity contribution in [1.82, 2.24) is 5.32 Å². The van der Waals surface area contributed by atoms with Crippen molar-refractivity contribution < 1.29 is 4.39 Å². The molecule has 112 valence electrons. The van der Waals surface area contributed by atoms with Crippen LogP contribution in [0.2, 0.25) is 0 Å². The molecule has 0 aliphatic heterocycles. The lowest BCUT2D eigenvalue weighted by Gasteiger charge is -2.20.